The fourth-order valence-corrected chi connectivity index (χ4v) is 4.56. The van der Waals surface area contributed by atoms with Crippen molar-refractivity contribution in [3.8, 4) is 0 Å². The lowest BCUT2D eigenvalue weighted by Crippen LogP contribution is -2.29. The van der Waals surface area contributed by atoms with Crippen molar-refractivity contribution in [2.75, 3.05) is 6.54 Å². The maximum Gasteiger partial charge on any atom is 0.417 e. The molecule has 3 heterocycles. The summed E-state index contributed by atoms with van der Waals surface area (Å²) >= 11 is 5.45. The number of aromatic nitrogens is 1. The second-order valence-corrected chi connectivity index (χ2v) is 7.07. The van der Waals surface area contributed by atoms with Crippen LogP contribution in [-0.2, 0) is 19.5 Å². The highest BCUT2D eigenvalue weighted by Gasteiger charge is 2.21. The SMILES string of the molecule is O=c1[nH]c2cccc(CN3CCc4scc(Br)c4C3)c2o1. The minimum absolute atomic E-state index is 0.390. The maximum absolute atomic E-state index is 11.4. The van der Waals surface area contributed by atoms with Crippen LogP contribution < -0.4 is 5.76 Å². The molecule has 0 saturated heterocycles. The van der Waals surface area contributed by atoms with Crippen LogP contribution in [0.25, 0.3) is 11.1 Å². The van der Waals surface area contributed by atoms with Crippen LogP contribution in [0.1, 0.15) is 16.0 Å². The molecular formula is C15H13BrN2O2S. The first kappa shape index (κ1) is 13.3. The maximum atomic E-state index is 11.4. The molecule has 4 rings (SSSR count). The van der Waals surface area contributed by atoms with Crippen molar-refractivity contribution in [3.63, 3.8) is 0 Å². The van der Waals surface area contributed by atoms with E-state index >= 15 is 0 Å². The van der Waals surface area contributed by atoms with E-state index in [9.17, 15) is 4.79 Å². The number of hydrogen-bond donors (Lipinski definition) is 1. The van der Waals surface area contributed by atoms with E-state index in [4.69, 9.17) is 4.42 Å². The number of thiophene rings is 1. The number of rotatable bonds is 2. The van der Waals surface area contributed by atoms with Crippen LogP contribution in [0.2, 0.25) is 0 Å². The van der Waals surface area contributed by atoms with Crippen LogP contribution in [0.5, 0.6) is 0 Å². The predicted molar refractivity (Wildman–Crippen MR) is 86.7 cm³/mol. The van der Waals surface area contributed by atoms with Gasteiger partial charge in [0, 0.05) is 39.9 Å². The molecule has 0 aliphatic carbocycles. The Kier molecular flexibility index (Phi) is 3.24. The van der Waals surface area contributed by atoms with Gasteiger partial charge in [-0.1, -0.05) is 12.1 Å². The summed E-state index contributed by atoms with van der Waals surface area (Å²) < 4.78 is 6.48. The van der Waals surface area contributed by atoms with Gasteiger partial charge in [-0.2, -0.15) is 0 Å². The van der Waals surface area contributed by atoms with Crippen LogP contribution in [0.4, 0.5) is 0 Å². The molecule has 3 aromatic rings. The third-order valence-electron chi connectivity index (χ3n) is 3.89. The molecule has 4 nitrogen and oxygen atoms in total. The average Bonchev–Trinajstić information content (AvgIpc) is 3.03. The molecule has 1 aliphatic heterocycles. The van der Waals surface area contributed by atoms with Gasteiger partial charge in [-0.25, -0.2) is 4.79 Å². The van der Waals surface area contributed by atoms with E-state index in [-0.39, 0.29) is 5.76 Å². The Morgan fingerprint density at radius 3 is 3.24 bits per heavy atom. The van der Waals surface area contributed by atoms with Gasteiger partial charge in [-0.3, -0.25) is 9.88 Å². The monoisotopic (exact) mass is 364 g/mol. The summed E-state index contributed by atoms with van der Waals surface area (Å²) in [7, 11) is 0. The Morgan fingerprint density at radius 1 is 1.43 bits per heavy atom. The highest BCUT2D eigenvalue weighted by Crippen LogP contribution is 2.33. The molecule has 6 heteroatoms. The Bertz CT molecular complexity index is 864. The number of halogens is 1. The molecule has 1 N–H and O–H groups in total. The summed E-state index contributed by atoms with van der Waals surface area (Å²) in [5.74, 6) is -0.390. The number of H-pyrrole nitrogens is 1. The van der Waals surface area contributed by atoms with Crippen molar-refractivity contribution in [1.82, 2.24) is 9.88 Å². The normalized spacial score (nSPS) is 15.5. The first-order chi connectivity index (χ1) is 10.2. The number of aromatic amines is 1. The van der Waals surface area contributed by atoms with E-state index in [0.29, 0.717) is 5.58 Å². The van der Waals surface area contributed by atoms with Gasteiger partial charge in [0.05, 0.1) is 5.52 Å². The second kappa shape index (κ2) is 5.12. The van der Waals surface area contributed by atoms with E-state index in [1.54, 1.807) is 0 Å². The third kappa shape index (κ3) is 2.37. The van der Waals surface area contributed by atoms with E-state index in [1.165, 1.54) is 14.9 Å². The number of para-hydroxylation sites is 1. The number of nitrogens with one attached hydrogen (secondary N) is 1. The molecule has 0 unspecified atom stereocenters. The van der Waals surface area contributed by atoms with Gasteiger partial charge in [0.1, 0.15) is 0 Å². The first-order valence-corrected chi connectivity index (χ1v) is 8.46. The Labute approximate surface area is 133 Å². The lowest BCUT2D eigenvalue weighted by atomic mass is 10.1. The van der Waals surface area contributed by atoms with Crippen molar-refractivity contribution in [1.29, 1.82) is 0 Å². The molecule has 108 valence electrons. The van der Waals surface area contributed by atoms with Crippen LogP contribution in [-0.4, -0.2) is 16.4 Å². The summed E-state index contributed by atoms with van der Waals surface area (Å²) in [5, 5.41) is 2.17. The van der Waals surface area contributed by atoms with Crippen LogP contribution >= 0.6 is 27.3 Å². The Balaban J connectivity index is 1.64. The summed E-state index contributed by atoms with van der Waals surface area (Å²) in [6.45, 7) is 2.76. The van der Waals surface area contributed by atoms with Crippen molar-refractivity contribution < 1.29 is 4.42 Å². The lowest BCUT2D eigenvalue weighted by molar-refractivity contribution is 0.247. The molecule has 0 radical (unpaired) electrons. The van der Waals surface area contributed by atoms with Crippen LogP contribution in [0.3, 0.4) is 0 Å². The average molecular weight is 365 g/mol. The summed E-state index contributed by atoms with van der Waals surface area (Å²) in [6.07, 6.45) is 1.08. The van der Waals surface area contributed by atoms with Crippen molar-refractivity contribution >= 4 is 38.4 Å². The van der Waals surface area contributed by atoms with Gasteiger partial charge in [-0.05, 0) is 34.0 Å². The minimum atomic E-state index is -0.390. The molecular weight excluding hydrogens is 352 g/mol. The molecule has 0 fully saturated rings. The molecule has 1 aliphatic rings. The fourth-order valence-electron chi connectivity index (χ4n) is 2.87. The van der Waals surface area contributed by atoms with Gasteiger partial charge >= 0.3 is 5.76 Å². The highest BCUT2D eigenvalue weighted by atomic mass is 79.9. The number of benzene rings is 1. The van der Waals surface area contributed by atoms with Crippen molar-refractivity contribution in [3.05, 3.63) is 54.6 Å². The highest BCUT2D eigenvalue weighted by molar-refractivity contribution is 9.10. The van der Waals surface area contributed by atoms with Crippen molar-refractivity contribution in [2.45, 2.75) is 19.5 Å². The number of nitrogens with zero attached hydrogens (tertiary/aromatic N) is 1. The molecule has 0 amide bonds. The van der Waals surface area contributed by atoms with E-state index in [0.717, 1.165) is 37.1 Å². The summed E-state index contributed by atoms with van der Waals surface area (Å²) in [4.78, 5) is 17.9. The van der Waals surface area contributed by atoms with Gasteiger partial charge in [0.2, 0.25) is 0 Å². The molecule has 0 saturated carbocycles. The largest absolute Gasteiger partial charge is 0.417 e. The van der Waals surface area contributed by atoms with Gasteiger partial charge in [0.15, 0.2) is 5.58 Å². The summed E-state index contributed by atoms with van der Waals surface area (Å²) in [5.41, 5.74) is 3.90. The Morgan fingerprint density at radius 2 is 2.33 bits per heavy atom. The quantitative estimate of drug-likeness (QED) is 0.756. The molecule has 0 bridgehead atoms. The summed E-state index contributed by atoms with van der Waals surface area (Å²) in [6, 6.07) is 5.85. The van der Waals surface area contributed by atoms with Crippen LogP contribution in [0, 0.1) is 0 Å². The molecule has 21 heavy (non-hydrogen) atoms. The van der Waals surface area contributed by atoms with E-state index in [2.05, 4.69) is 31.2 Å². The minimum Gasteiger partial charge on any atom is -0.408 e. The zero-order valence-electron chi connectivity index (χ0n) is 11.2. The Hall–Kier alpha value is -1.37. The zero-order valence-corrected chi connectivity index (χ0v) is 13.6. The number of oxazole rings is 1. The molecule has 0 atom stereocenters. The number of fused-ring (bicyclic) bond motifs is 2. The molecule has 2 aromatic heterocycles. The zero-order chi connectivity index (χ0) is 14.4. The van der Waals surface area contributed by atoms with Gasteiger partial charge in [-0.15, -0.1) is 11.3 Å². The lowest BCUT2D eigenvalue weighted by Gasteiger charge is -2.27. The predicted octanol–water partition coefficient (Wildman–Crippen LogP) is 3.50. The van der Waals surface area contributed by atoms with Gasteiger partial charge in [0.25, 0.3) is 0 Å². The van der Waals surface area contributed by atoms with Crippen LogP contribution in [0.15, 0.2) is 37.3 Å². The first-order valence-electron chi connectivity index (χ1n) is 6.78. The molecule has 1 aromatic carbocycles. The topological polar surface area (TPSA) is 49.2 Å². The fraction of sp³-hybridized carbons (Fsp3) is 0.267. The molecule has 0 spiro atoms. The van der Waals surface area contributed by atoms with Gasteiger partial charge < -0.3 is 4.42 Å². The second-order valence-electron chi connectivity index (χ2n) is 5.25. The number of hydrogen-bond acceptors (Lipinski definition) is 4. The van der Waals surface area contributed by atoms with Crippen molar-refractivity contribution in [2.24, 2.45) is 0 Å². The third-order valence-corrected chi connectivity index (χ3v) is 5.99. The standard InChI is InChI=1S/C15H13BrN2O2S/c16-11-8-21-13-4-5-18(7-10(11)13)6-9-2-1-3-12-14(9)20-15(19)17-12/h1-3,8H,4-7H2,(H,17,19). The smallest absolute Gasteiger partial charge is 0.408 e. The van der Waals surface area contributed by atoms with E-state index in [1.807, 2.05) is 29.5 Å². The van der Waals surface area contributed by atoms with E-state index < -0.39 is 0 Å².